The van der Waals surface area contributed by atoms with Crippen LogP contribution in [-0.4, -0.2) is 40.7 Å². The van der Waals surface area contributed by atoms with Gasteiger partial charge in [-0.25, -0.2) is 4.79 Å². The highest BCUT2D eigenvalue weighted by atomic mass is 16.6. The Kier molecular flexibility index (Phi) is 4.75. The van der Waals surface area contributed by atoms with E-state index in [1.54, 1.807) is 6.20 Å². The third kappa shape index (κ3) is 3.58. The van der Waals surface area contributed by atoms with Gasteiger partial charge < -0.3 is 15.4 Å². The summed E-state index contributed by atoms with van der Waals surface area (Å²) in [5, 5.41) is 0. The molecular formula is C17H27N3O2. The summed E-state index contributed by atoms with van der Waals surface area (Å²) in [5.41, 5.74) is 6.48. The quantitative estimate of drug-likeness (QED) is 0.912. The van der Waals surface area contributed by atoms with Crippen LogP contribution in [-0.2, 0) is 10.2 Å². The van der Waals surface area contributed by atoms with Gasteiger partial charge in [-0.1, -0.05) is 6.07 Å². The van der Waals surface area contributed by atoms with Crippen LogP contribution in [0.2, 0.25) is 0 Å². The fourth-order valence-electron chi connectivity index (χ4n) is 3.12. The molecule has 0 spiro atoms. The van der Waals surface area contributed by atoms with Gasteiger partial charge in [0, 0.05) is 36.4 Å². The number of ether oxygens (including phenoxy) is 1. The van der Waals surface area contributed by atoms with Crippen molar-refractivity contribution in [2.24, 2.45) is 5.73 Å². The number of nitrogens with zero attached hydrogens (tertiary/aromatic N) is 2. The average Bonchev–Trinajstić information content (AvgIpc) is 2.46. The zero-order valence-electron chi connectivity index (χ0n) is 14.0. The van der Waals surface area contributed by atoms with Crippen molar-refractivity contribution in [3.63, 3.8) is 0 Å². The Balaban J connectivity index is 2.13. The summed E-state index contributed by atoms with van der Waals surface area (Å²) in [5.74, 6) is 0. The van der Waals surface area contributed by atoms with E-state index in [4.69, 9.17) is 10.5 Å². The molecule has 1 amide bonds. The van der Waals surface area contributed by atoms with Gasteiger partial charge in [-0.2, -0.15) is 0 Å². The van der Waals surface area contributed by atoms with Crippen molar-refractivity contribution >= 4 is 6.09 Å². The molecule has 0 aliphatic carbocycles. The lowest BCUT2D eigenvalue weighted by molar-refractivity contribution is 0.00428. The molecule has 1 fully saturated rings. The van der Waals surface area contributed by atoms with Crippen LogP contribution in [0.25, 0.3) is 0 Å². The largest absolute Gasteiger partial charge is 0.444 e. The molecule has 2 N–H and O–H groups in total. The van der Waals surface area contributed by atoms with Crippen LogP contribution < -0.4 is 5.73 Å². The van der Waals surface area contributed by atoms with Crippen LogP contribution in [0.15, 0.2) is 24.4 Å². The fraction of sp³-hybridized carbons (Fsp3) is 0.647. The van der Waals surface area contributed by atoms with Crippen LogP contribution in [0.4, 0.5) is 4.79 Å². The lowest BCUT2D eigenvalue weighted by Gasteiger charge is -2.44. The van der Waals surface area contributed by atoms with E-state index >= 15 is 0 Å². The van der Waals surface area contributed by atoms with E-state index in [1.165, 1.54) is 0 Å². The molecule has 1 aromatic rings. The molecule has 0 aromatic carbocycles. The van der Waals surface area contributed by atoms with Crippen molar-refractivity contribution in [2.45, 2.75) is 57.6 Å². The van der Waals surface area contributed by atoms with Gasteiger partial charge in [0.05, 0.1) is 0 Å². The third-order valence-electron chi connectivity index (χ3n) is 4.28. The molecule has 2 rings (SSSR count). The predicted octanol–water partition coefficient (Wildman–Crippen LogP) is 2.70. The minimum atomic E-state index is -0.472. The summed E-state index contributed by atoms with van der Waals surface area (Å²) < 4.78 is 5.50. The lowest BCUT2D eigenvalue weighted by atomic mass is 9.73. The van der Waals surface area contributed by atoms with Gasteiger partial charge in [-0.05, 0) is 52.7 Å². The number of hydrogen-bond acceptors (Lipinski definition) is 4. The van der Waals surface area contributed by atoms with Gasteiger partial charge in [0.25, 0.3) is 0 Å². The number of carbonyl (C=O) groups excluding carboxylic acids is 1. The Morgan fingerprint density at radius 2 is 2.23 bits per heavy atom. The summed E-state index contributed by atoms with van der Waals surface area (Å²) >= 11 is 0. The van der Waals surface area contributed by atoms with Crippen molar-refractivity contribution in [1.29, 1.82) is 0 Å². The van der Waals surface area contributed by atoms with E-state index in [0.29, 0.717) is 13.1 Å². The molecule has 0 radical (unpaired) electrons. The van der Waals surface area contributed by atoms with Gasteiger partial charge in [-0.3, -0.25) is 4.98 Å². The molecule has 5 heteroatoms. The van der Waals surface area contributed by atoms with Crippen molar-refractivity contribution in [3.05, 3.63) is 30.1 Å². The first kappa shape index (κ1) is 16.7. The Bertz CT molecular complexity index is 512. The van der Waals surface area contributed by atoms with Crippen molar-refractivity contribution in [2.75, 3.05) is 13.1 Å². The smallest absolute Gasteiger partial charge is 0.410 e. The van der Waals surface area contributed by atoms with Crippen LogP contribution in [0.5, 0.6) is 0 Å². The molecule has 122 valence electrons. The molecule has 1 aliphatic rings. The molecule has 2 atom stereocenters. The molecule has 5 nitrogen and oxygen atoms in total. The number of carbonyl (C=O) groups is 1. The van der Waals surface area contributed by atoms with E-state index in [-0.39, 0.29) is 17.6 Å². The van der Waals surface area contributed by atoms with Gasteiger partial charge >= 0.3 is 6.09 Å². The molecule has 2 heterocycles. The number of hydrogen-bond donors (Lipinski definition) is 1. The molecule has 0 bridgehead atoms. The maximum Gasteiger partial charge on any atom is 0.410 e. The second kappa shape index (κ2) is 6.24. The first-order valence-corrected chi connectivity index (χ1v) is 7.89. The van der Waals surface area contributed by atoms with Crippen molar-refractivity contribution in [3.8, 4) is 0 Å². The molecule has 1 aromatic heterocycles. The second-order valence-electron chi connectivity index (χ2n) is 7.18. The van der Waals surface area contributed by atoms with E-state index < -0.39 is 5.60 Å². The van der Waals surface area contributed by atoms with Crippen LogP contribution >= 0.6 is 0 Å². The summed E-state index contributed by atoms with van der Waals surface area (Å²) in [4.78, 5) is 18.6. The summed E-state index contributed by atoms with van der Waals surface area (Å²) in [6, 6.07) is 6.01. The van der Waals surface area contributed by atoms with E-state index in [1.807, 2.05) is 43.9 Å². The molecule has 1 aliphatic heterocycles. The normalized spacial score (nSPS) is 25.9. The van der Waals surface area contributed by atoms with E-state index in [2.05, 4.69) is 11.9 Å². The lowest BCUT2D eigenvalue weighted by Crippen LogP contribution is -2.54. The maximum atomic E-state index is 12.3. The van der Waals surface area contributed by atoms with Gasteiger partial charge in [0.2, 0.25) is 0 Å². The summed E-state index contributed by atoms with van der Waals surface area (Å²) in [7, 11) is 0. The molecule has 0 unspecified atom stereocenters. The number of rotatable bonds is 2. The topological polar surface area (TPSA) is 68.5 Å². The molecule has 1 saturated heterocycles. The zero-order valence-corrected chi connectivity index (χ0v) is 14.0. The highest BCUT2D eigenvalue weighted by Gasteiger charge is 2.42. The molecular weight excluding hydrogens is 278 g/mol. The number of likely N-dealkylation sites (tertiary alicyclic amines) is 1. The molecule has 22 heavy (non-hydrogen) atoms. The number of pyridine rings is 1. The highest BCUT2D eigenvalue weighted by Crippen LogP contribution is 2.36. The number of nitrogens with two attached hydrogens (primary N) is 1. The van der Waals surface area contributed by atoms with Gasteiger partial charge in [-0.15, -0.1) is 0 Å². The van der Waals surface area contributed by atoms with Crippen LogP contribution in [0, 0.1) is 0 Å². The first-order chi connectivity index (χ1) is 10.3. The third-order valence-corrected chi connectivity index (χ3v) is 4.28. The van der Waals surface area contributed by atoms with E-state index in [0.717, 1.165) is 18.5 Å². The summed E-state index contributed by atoms with van der Waals surface area (Å²) in [6.45, 7) is 8.89. The summed E-state index contributed by atoms with van der Waals surface area (Å²) in [6.07, 6.45) is 3.17. The average molecular weight is 305 g/mol. The van der Waals surface area contributed by atoms with Crippen molar-refractivity contribution in [1.82, 2.24) is 9.88 Å². The molecule has 0 saturated carbocycles. The number of amides is 1. The minimum absolute atomic E-state index is 0.0779. The number of piperidine rings is 1. The monoisotopic (exact) mass is 305 g/mol. The Morgan fingerprint density at radius 1 is 1.50 bits per heavy atom. The standard InChI is InChI=1S/C17H27N3O2/c1-13-11-17(12-18,14-7-5-6-9-19-14)8-10-20(13)15(21)22-16(2,3)4/h5-7,9,13H,8,10-12,18H2,1-4H3/t13-,17+/m1/s1. The predicted molar refractivity (Wildman–Crippen MR) is 86.6 cm³/mol. The zero-order chi connectivity index (χ0) is 16.4. The Hall–Kier alpha value is -1.62. The second-order valence-corrected chi connectivity index (χ2v) is 7.18. The van der Waals surface area contributed by atoms with Crippen LogP contribution in [0.3, 0.4) is 0 Å². The Labute approximate surface area is 132 Å². The SMILES string of the molecule is C[C@@H]1C[C@@](CN)(c2ccccn2)CCN1C(=O)OC(C)(C)C. The minimum Gasteiger partial charge on any atom is -0.444 e. The van der Waals surface area contributed by atoms with E-state index in [9.17, 15) is 4.79 Å². The van der Waals surface area contributed by atoms with Gasteiger partial charge in [0.15, 0.2) is 0 Å². The van der Waals surface area contributed by atoms with Crippen LogP contribution in [0.1, 0.15) is 46.2 Å². The first-order valence-electron chi connectivity index (χ1n) is 7.89. The Morgan fingerprint density at radius 3 is 2.73 bits per heavy atom. The van der Waals surface area contributed by atoms with Crippen molar-refractivity contribution < 1.29 is 9.53 Å². The highest BCUT2D eigenvalue weighted by molar-refractivity contribution is 5.68. The maximum absolute atomic E-state index is 12.3. The van der Waals surface area contributed by atoms with Gasteiger partial charge in [0.1, 0.15) is 5.60 Å². The number of aromatic nitrogens is 1. The fourth-order valence-corrected chi connectivity index (χ4v) is 3.12.